The van der Waals surface area contributed by atoms with Crippen LogP contribution in [0.1, 0.15) is 54.4 Å². The maximum absolute atomic E-state index is 12.6. The molecule has 1 saturated carbocycles. The van der Waals surface area contributed by atoms with E-state index in [1.54, 1.807) is 48.5 Å². The Morgan fingerprint density at radius 2 is 1.63 bits per heavy atom. The first-order valence-electron chi connectivity index (χ1n) is 9.44. The van der Waals surface area contributed by atoms with Gasteiger partial charge < -0.3 is 5.32 Å². The zero-order chi connectivity index (χ0) is 19.3. The topological polar surface area (TPSA) is 75.3 Å². The van der Waals surface area contributed by atoms with Gasteiger partial charge in [0.15, 0.2) is 0 Å². The van der Waals surface area contributed by atoms with Gasteiger partial charge in [-0.15, -0.1) is 0 Å². The minimum atomic E-state index is -3.69. The number of aryl methyl sites for hydroxylation is 1. The quantitative estimate of drug-likeness (QED) is 0.755. The lowest BCUT2D eigenvalue weighted by Gasteiger charge is -2.16. The molecule has 0 unspecified atom stereocenters. The third-order valence-electron chi connectivity index (χ3n) is 4.90. The van der Waals surface area contributed by atoms with Gasteiger partial charge in [-0.05, 0) is 50.1 Å². The van der Waals surface area contributed by atoms with Crippen LogP contribution in [0.3, 0.4) is 0 Å². The van der Waals surface area contributed by atoms with Gasteiger partial charge in [0.2, 0.25) is 0 Å². The second-order valence-corrected chi connectivity index (χ2v) is 8.84. The highest BCUT2D eigenvalue weighted by molar-refractivity contribution is 7.92. The largest absolute Gasteiger partial charge is 0.349 e. The summed E-state index contributed by atoms with van der Waals surface area (Å²) in [6.07, 6.45) is 6.74. The fraction of sp³-hybridized carbons (Fsp3) is 0.381. The summed E-state index contributed by atoms with van der Waals surface area (Å²) in [7, 11) is -3.69. The Bertz CT molecular complexity index is 884. The lowest BCUT2D eigenvalue weighted by molar-refractivity contribution is 0.0933. The number of hydrogen-bond donors (Lipinski definition) is 2. The first-order valence-corrected chi connectivity index (χ1v) is 10.9. The van der Waals surface area contributed by atoms with Crippen LogP contribution in [-0.2, 0) is 10.0 Å². The predicted octanol–water partition coefficient (Wildman–Crippen LogP) is 4.25. The van der Waals surface area contributed by atoms with Crippen LogP contribution in [0.5, 0.6) is 0 Å². The maximum atomic E-state index is 12.6. The number of hydrogen-bond acceptors (Lipinski definition) is 3. The molecule has 1 aliphatic rings. The smallest absolute Gasteiger partial charge is 0.261 e. The summed E-state index contributed by atoms with van der Waals surface area (Å²) in [6.45, 7) is 1.90. The third-order valence-corrected chi connectivity index (χ3v) is 6.30. The number of benzene rings is 2. The van der Waals surface area contributed by atoms with E-state index < -0.39 is 10.0 Å². The second kappa shape index (κ2) is 8.57. The summed E-state index contributed by atoms with van der Waals surface area (Å²) in [5.41, 5.74) is 1.83. The molecular weight excluding hydrogens is 360 g/mol. The lowest BCUT2D eigenvalue weighted by atomic mass is 10.1. The van der Waals surface area contributed by atoms with E-state index >= 15 is 0 Å². The summed E-state index contributed by atoms with van der Waals surface area (Å²) in [4.78, 5) is 12.8. The summed E-state index contributed by atoms with van der Waals surface area (Å²) in [5.74, 6) is -0.154. The van der Waals surface area contributed by atoms with Crippen molar-refractivity contribution in [3.63, 3.8) is 0 Å². The molecule has 6 heteroatoms. The van der Waals surface area contributed by atoms with Gasteiger partial charge in [-0.3, -0.25) is 9.52 Å². The molecule has 27 heavy (non-hydrogen) atoms. The minimum absolute atomic E-state index is 0.154. The molecule has 0 atom stereocenters. The van der Waals surface area contributed by atoms with Crippen LogP contribution in [-0.4, -0.2) is 20.4 Å². The highest BCUT2D eigenvalue weighted by Crippen LogP contribution is 2.20. The molecule has 0 bridgehead atoms. The molecule has 0 aromatic heterocycles. The van der Waals surface area contributed by atoms with Crippen LogP contribution in [0.25, 0.3) is 0 Å². The van der Waals surface area contributed by atoms with Crippen LogP contribution in [0, 0.1) is 6.92 Å². The maximum Gasteiger partial charge on any atom is 0.261 e. The highest BCUT2D eigenvalue weighted by atomic mass is 32.2. The zero-order valence-electron chi connectivity index (χ0n) is 15.6. The van der Waals surface area contributed by atoms with Gasteiger partial charge in [-0.1, -0.05) is 49.4 Å². The molecule has 1 fully saturated rings. The zero-order valence-corrected chi connectivity index (χ0v) is 16.4. The molecule has 3 rings (SSSR count). The molecule has 0 aliphatic heterocycles. The Morgan fingerprint density at radius 3 is 2.30 bits per heavy atom. The van der Waals surface area contributed by atoms with E-state index in [1.165, 1.54) is 12.8 Å². The Kier molecular flexibility index (Phi) is 6.16. The molecule has 2 aromatic carbocycles. The van der Waals surface area contributed by atoms with E-state index in [0.717, 1.165) is 31.2 Å². The van der Waals surface area contributed by atoms with Gasteiger partial charge in [0, 0.05) is 17.3 Å². The van der Waals surface area contributed by atoms with E-state index in [4.69, 9.17) is 0 Å². The van der Waals surface area contributed by atoms with Gasteiger partial charge in [-0.25, -0.2) is 8.42 Å². The number of sulfonamides is 1. The average Bonchev–Trinajstić information content (AvgIpc) is 2.90. The van der Waals surface area contributed by atoms with Crippen LogP contribution < -0.4 is 10.0 Å². The van der Waals surface area contributed by atoms with E-state index in [1.807, 2.05) is 6.92 Å². The number of carbonyl (C=O) groups excluding carboxylic acids is 1. The standard InChI is InChI=1S/C21H26N2O3S/c1-16-11-13-20(14-12-16)27(25,26)23-19-10-6-7-17(15-19)21(24)22-18-8-4-2-3-5-9-18/h6-7,10-15,18,23H,2-5,8-9H2,1H3,(H,22,24). The minimum Gasteiger partial charge on any atom is -0.349 e. The molecule has 0 heterocycles. The van der Waals surface area contributed by atoms with Gasteiger partial charge >= 0.3 is 0 Å². The lowest BCUT2D eigenvalue weighted by Crippen LogP contribution is -2.34. The molecular formula is C21H26N2O3S. The van der Waals surface area contributed by atoms with E-state index in [-0.39, 0.29) is 16.8 Å². The number of anilines is 1. The predicted molar refractivity (Wildman–Crippen MR) is 107 cm³/mol. The number of nitrogens with one attached hydrogen (secondary N) is 2. The molecule has 2 aromatic rings. The number of amides is 1. The summed E-state index contributed by atoms with van der Waals surface area (Å²) in [6, 6.07) is 13.5. The normalized spacial score (nSPS) is 15.7. The van der Waals surface area contributed by atoms with Crippen molar-refractivity contribution in [1.29, 1.82) is 0 Å². The molecule has 0 spiro atoms. The third kappa shape index (κ3) is 5.32. The Labute approximate surface area is 161 Å². The van der Waals surface area contributed by atoms with E-state index in [2.05, 4.69) is 10.0 Å². The molecule has 1 amide bonds. The molecule has 2 N–H and O–H groups in total. The molecule has 0 radical (unpaired) electrons. The van der Waals surface area contributed by atoms with Crippen LogP contribution >= 0.6 is 0 Å². The fourth-order valence-electron chi connectivity index (χ4n) is 3.35. The van der Waals surface area contributed by atoms with Crippen LogP contribution in [0.2, 0.25) is 0 Å². The summed E-state index contributed by atoms with van der Waals surface area (Å²) in [5, 5.41) is 3.09. The average molecular weight is 387 g/mol. The van der Waals surface area contributed by atoms with Gasteiger partial charge in [0.1, 0.15) is 0 Å². The van der Waals surface area contributed by atoms with Crippen molar-refractivity contribution in [1.82, 2.24) is 5.32 Å². The SMILES string of the molecule is Cc1ccc(S(=O)(=O)Nc2cccc(C(=O)NC3CCCCCC3)c2)cc1. The van der Waals surface area contributed by atoms with E-state index in [0.29, 0.717) is 11.3 Å². The monoisotopic (exact) mass is 386 g/mol. The highest BCUT2D eigenvalue weighted by Gasteiger charge is 2.17. The van der Waals surface area contributed by atoms with Gasteiger partial charge in [0.05, 0.1) is 4.90 Å². The van der Waals surface area contributed by atoms with Crippen LogP contribution in [0.4, 0.5) is 5.69 Å². The van der Waals surface area contributed by atoms with Crippen molar-refractivity contribution in [3.05, 3.63) is 59.7 Å². The number of carbonyl (C=O) groups is 1. The van der Waals surface area contributed by atoms with Crippen molar-refractivity contribution in [2.24, 2.45) is 0 Å². The van der Waals surface area contributed by atoms with Gasteiger partial charge in [-0.2, -0.15) is 0 Å². The van der Waals surface area contributed by atoms with Crippen LogP contribution in [0.15, 0.2) is 53.4 Å². The molecule has 1 aliphatic carbocycles. The summed E-state index contributed by atoms with van der Waals surface area (Å²) < 4.78 is 27.6. The van der Waals surface area contributed by atoms with Crippen molar-refractivity contribution in [2.75, 3.05) is 4.72 Å². The van der Waals surface area contributed by atoms with Crippen molar-refractivity contribution in [2.45, 2.75) is 56.4 Å². The van der Waals surface area contributed by atoms with Crippen molar-refractivity contribution >= 4 is 21.6 Å². The Hall–Kier alpha value is -2.34. The van der Waals surface area contributed by atoms with Crippen molar-refractivity contribution in [3.8, 4) is 0 Å². The second-order valence-electron chi connectivity index (χ2n) is 7.16. The fourth-order valence-corrected chi connectivity index (χ4v) is 4.40. The van der Waals surface area contributed by atoms with E-state index in [9.17, 15) is 13.2 Å². The first-order chi connectivity index (χ1) is 12.9. The summed E-state index contributed by atoms with van der Waals surface area (Å²) >= 11 is 0. The first kappa shape index (κ1) is 19.4. The Morgan fingerprint density at radius 1 is 0.963 bits per heavy atom. The van der Waals surface area contributed by atoms with Gasteiger partial charge in [0.25, 0.3) is 15.9 Å². The van der Waals surface area contributed by atoms with Crippen molar-refractivity contribution < 1.29 is 13.2 Å². The molecule has 5 nitrogen and oxygen atoms in total. The Balaban J connectivity index is 1.71. The number of rotatable bonds is 5. The molecule has 0 saturated heterocycles. The molecule has 144 valence electrons.